The van der Waals surface area contributed by atoms with Crippen LogP contribution >= 0.6 is 11.3 Å². The second kappa shape index (κ2) is 11.9. The monoisotopic (exact) mass is 484 g/mol. The van der Waals surface area contributed by atoms with Crippen molar-refractivity contribution in [1.29, 1.82) is 0 Å². The highest BCUT2D eigenvalue weighted by Gasteiger charge is 2.44. The summed E-state index contributed by atoms with van der Waals surface area (Å²) in [6.07, 6.45) is 0.919. The number of benzene rings is 1. The SMILES string of the molecule is CCN1CCN(CCCNC(=O)[C@@H]2c3ccccc3C(=O)N(CCOC)[C@@H]2c2cccs2)CC1. The van der Waals surface area contributed by atoms with E-state index in [0.717, 1.165) is 56.1 Å². The molecule has 1 saturated heterocycles. The van der Waals surface area contributed by atoms with Crippen molar-refractivity contribution in [2.75, 3.05) is 66.1 Å². The number of hydrogen-bond acceptors (Lipinski definition) is 6. The molecule has 2 aromatic rings. The quantitative estimate of drug-likeness (QED) is 0.526. The molecule has 0 unspecified atom stereocenters. The minimum Gasteiger partial charge on any atom is -0.383 e. The van der Waals surface area contributed by atoms with Crippen LogP contribution in [-0.2, 0) is 9.53 Å². The molecule has 8 heteroatoms. The van der Waals surface area contributed by atoms with Gasteiger partial charge in [-0.15, -0.1) is 11.3 Å². The predicted molar refractivity (Wildman–Crippen MR) is 135 cm³/mol. The maximum absolute atomic E-state index is 13.6. The normalized spacial score (nSPS) is 21.5. The minimum atomic E-state index is -0.447. The first kappa shape index (κ1) is 24.9. The smallest absolute Gasteiger partial charge is 0.254 e. The molecule has 7 nitrogen and oxygen atoms in total. The first-order valence-electron chi connectivity index (χ1n) is 12.3. The van der Waals surface area contributed by atoms with Crippen molar-refractivity contribution in [3.63, 3.8) is 0 Å². The number of methoxy groups -OCH3 is 1. The van der Waals surface area contributed by atoms with E-state index in [1.165, 1.54) is 0 Å². The largest absolute Gasteiger partial charge is 0.383 e. The Morgan fingerprint density at radius 1 is 1.09 bits per heavy atom. The number of likely N-dealkylation sites (N-methyl/N-ethyl adjacent to an activating group) is 1. The lowest BCUT2D eigenvalue weighted by atomic mass is 9.81. The lowest BCUT2D eigenvalue weighted by Crippen LogP contribution is -2.48. The van der Waals surface area contributed by atoms with E-state index in [1.54, 1.807) is 18.4 Å². The first-order valence-corrected chi connectivity index (χ1v) is 13.2. The van der Waals surface area contributed by atoms with Gasteiger partial charge in [-0.2, -0.15) is 0 Å². The number of nitrogens with one attached hydrogen (secondary N) is 1. The average molecular weight is 485 g/mol. The Bertz CT molecular complexity index is 943. The van der Waals surface area contributed by atoms with E-state index in [-0.39, 0.29) is 17.9 Å². The average Bonchev–Trinajstić information content (AvgIpc) is 3.41. The number of piperazine rings is 1. The minimum absolute atomic E-state index is 0.0171. The molecule has 0 saturated carbocycles. The lowest BCUT2D eigenvalue weighted by Gasteiger charge is -2.41. The van der Waals surface area contributed by atoms with Gasteiger partial charge in [0.25, 0.3) is 5.91 Å². The molecule has 34 heavy (non-hydrogen) atoms. The fourth-order valence-electron chi connectivity index (χ4n) is 5.04. The third-order valence-corrected chi connectivity index (χ3v) is 7.90. The zero-order valence-corrected chi connectivity index (χ0v) is 21.1. The Morgan fingerprint density at radius 3 is 2.56 bits per heavy atom. The molecule has 0 bridgehead atoms. The number of rotatable bonds is 10. The molecular weight excluding hydrogens is 448 g/mol. The van der Waals surface area contributed by atoms with Crippen LogP contribution in [0.4, 0.5) is 0 Å². The van der Waals surface area contributed by atoms with Gasteiger partial charge < -0.3 is 24.8 Å². The van der Waals surface area contributed by atoms with E-state index in [2.05, 4.69) is 22.0 Å². The van der Waals surface area contributed by atoms with Gasteiger partial charge in [0.05, 0.1) is 18.6 Å². The number of hydrogen-bond donors (Lipinski definition) is 1. The van der Waals surface area contributed by atoms with Crippen molar-refractivity contribution >= 4 is 23.2 Å². The van der Waals surface area contributed by atoms with E-state index in [1.807, 2.05) is 46.7 Å². The van der Waals surface area contributed by atoms with Crippen LogP contribution in [0, 0.1) is 0 Å². The van der Waals surface area contributed by atoms with Crippen LogP contribution in [0.3, 0.4) is 0 Å². The Balaban J connectivity index is 1.47. The molecular formula is C26H36N4O3S. The lowest BCUT2D eigenvalue weighted by molar-refractivity contribution is -0.124. The molecule has 1 aromatic carbocycles. The molecule has 2 aliphatic heterocycles. The molecule has 4 rings (SSSR count). The Labute approximate surface area is 206 Å². The zero-order valence-electron chi connectivity index (χ0n) is 20.2. The maximum Gasteiger partial charge on any atom is 0.254 e. The van der Waals surface area contributed by atoms with Gasteiger partial charge >= 0.3 is 0 Å². The van der Waals surface area contributed by atoms with E-state index in [9.17, 15) is 9.59 Å². The van der Waals surface area contributed by atoms with Gasteiger partial charge in [-0.05, 0) is 42.6 Å². The summed E-state index contributed by atoms with van der Waals surface area (Å²) >= 11 is 1.59. The van der Waals surface area contributed by atoms with Gasteiger partial charge in [-0.1, -0.05) is 31.2 Å². The Hall–Kier alpha value is -2.26. The fraction of sp³-hybridized carbons (Fsp3) is 0.538. The van der Waals surface area contributed by atoms with Crippen molar-refractivity contribution < 1.29 is 14.3 Å². The van der Waals surface area contributed by atoms with Crippen LogP contribution in [0.15, 0.2) is 41.8 Å². The van der Waals surface area contributed by atoms with Crippen LogP contribution < -0.4 is 5.32 Å². The first-order chi connectivity index (χ1) is 16.6. The number of ether oxygens (including phenoxy) is 1. The van der Waals surface area contributed by atoms with E-state index in [4.69, 9.17) is 4.74 Å². The summed E-state index contributed by atoms with van der Waals surface area (Å²) in [7, 11) is 1.63. The van der Waals surface area contributed by atoms with Crippen molar-refractivity contribution in [3.8, 4) is 0 Å². The van der Waals surface area contributed by atoms with Crippen molar-refractivity contribution in [2.24, 2.45) is 0 Å². The summed E-state index contributed by atoms with van der Waals surface area (Å²) in [6.45, 7) is 10.2. The molecule has 0 radical (unpaired) electrons. The number of thiophene rings is 1. The van der Waals surface area contributed by atoms with Crippen LogP contribution in [0.2, 0.25) is 0 Å². The van der Waals surface area contributed by atoms with Crippen LogP contribution in [0.25, 0.3) is 0 Å². The van der Waals surface area contributed by atoms with Crippen molar-refractivity contribution in [2.45, 2.75) is 25.3 Å². The van der Waals surface area contributed by atoms with Gasteiger partial charge in [0.2, 0.25) is 5.91 Å². The summed E-state index contributed by atoms with van der Waals surface area (Å²) in [5.41, 5.74) is 1.42. The van der Waals surface area contributed by atoms with Gasteiger partial charge in [-0.3, -0.25) is 9.59 Å². The summed E-state index contributed by atoms with van der Waals surface area (Å²) in [5, 5.41) is 5.20. The number of carbonyl (C=O) groups is 2. The summed E-state index contributed by atoms with van der Waals surface area (Å²) in [6, 6.07) is 11.2. The summed E-state index contributed by atoms with van der Waals surface area (Å²) in [5.74, 6) is -0.504. The topological polar surface area (TPSA) is 65.1 Å². The second-order valence-corrected chi connectivity index (χ2v) is 9.92. The number of fused-ring (bicyclic) bond motifs is 1. The molecule has 2 amide bonds. The molecule has 0 spiro atoms. The van der Waals surface area contributed by atoms with E-state index >= 15 is 0 Å². The highest BCUT2D eigenvalue weighted by Crippen LogP contribution is 2.44. The molecule has 1 aromatic heterocycles. The number of carbonyl (C=O) groups excluding carboxylic acids is 2. The summed E-state index contributed by atoms with van der Waals surface area (Å²) in [4.78, 5) is 34.8. The highest BCUT2D eigenvalue weighted by atomic mass is 32.1. The predicted octanol–water partition coefficient (Wildman–Crippen LogP) is 2.82. The van der Waals surface area contributed by atoms with Crippen LogP contribution in [0.5, 0.6) is 0 Å². The molecule has 0 aliphatic carbocycles. The standard InChI is InChI=1S/C26H36N4O3S/c1-3-28-13-15-29(16-14-28)12-7-11-27-25(31)23-20-8-4-5-9-21(20)26(32)30(17-18-33-2)24(23)22-10-6-19-34-22/h4-6,8-10,19,23-24H,3,7,11-18H2,1-2H3,(H,27,31)/t23-,24-/m1/s1. The molecule has 2 aliphatic rings. The van der Waals surface area contributed by atoms with Gasteiger partial charge in [0, 0.05) is 56.8 Å². The second-order valence-electron chi connectivity index (χ2n) is 8.94. The third kappa shape index (κ3) is 5.51. The van der Waals surface area contributed by atoms with Gasteiger partial charge in [-0.25, -0.2) is 0 Å². The third-order valence-electron chi connectivity index (χ3n) is 6.95. The molecule has 1 fully saturated rings. The molecule has 3 heterocycles. The molecule has 2 atom stereocenters. The maximum atomic E-state index is 13.6. The van der Waals surface area contributed by atoms with Gasteiger partial charge in [0.15, 0.2) is 0 Å². The van der Waals surface area contributed by atoms with E-state index < -0.39 is 5.92 Å². The van der Waals surface area contributed by atoms with Crippen LogP contribution in [-0.4, -0.2) is 92.6 Å². The summed E-state index contributed by atoms with van der Waals surface area (Å²) < 4.78 is 5.29. The number of amides is 2. The Kier molecular flexibility index (Phi) is 8.72. The van der Waals surface area contributed by atoms with E-state index in [0.29, 0.717) is 25.3 Å². The highest BCUT2D eigenvalue weighted by molar-refractivity contribution is 7.10. The number of nitrogens with zero attached hydrogens (tertiary/aromatic N) is 3. The van der Waals surface area contributed by atoms with Crippen molar-refractivity contribution in [3.05, 3.63) is 57.8 Å². The Morgan fingerprint density at radius 2 is 1.85 bits per heavy atom. The fourth-order valence-corrected chi connectivity index (χ4v) is 5.91. The zero-order chi connectivity index (χ0) is 23.9. The van der Waals surface area contributed by atoms with Crippen molar-refractivity contribution in [1.82, 2.24) is 20.0 Å². The molecule has 1 N–H and O–H groups in total. The molecule has 184 valence electrons. The van der Waals surface area contributed by atoms with Crippen LogP contribution in [0.1, 0.15) is 46.1 Å². The van der Waals surface area contributed by atoms with Gasteiger partial charge in [0.1, 0.15) is 0 Å².